The molecular formula is C20H37N3O. The molecule has 2 aliphatic heterocycles. The van der Waals surface area contributed by atoms with Gasteiger partial charge in [-0.15, -0.1) is 0 Å². The van der Waals surface area contributed by atoms with Crippen molar-refractivity contribution in [3.8, 4) is 0 Å². The van der Waals surface area contributed by atoms with Crippen molar-refractivity contribution in [1.82, 2.24) is 14.7 Å². The predicted molar refractivity (Wildman–Crippen MR) is 99.0 cm³/mol. The van der Waals surface area contributed by atoms with Crippen LogP contribution in [0.25, 0.3) is 0 Å². The van der Waals surface area contributed by atoms with Crippen LogP contribution in [0.1, 0.15) is 59.3 Å². The summed E-state index contributed by atoms with van der Waals surface area (Å²) in [6, 6.07) is 1.40. The third kappa shape index (κ3) is 4.32. The van der Waals surface area contributed by atoms with Crippen LogP contribution >= 0.6 is 0 Å². The van der Waals surface area contributed by atoms with E-state index in [0.717, 1.165) is 64.1 Å². The van der Waals surface area contributed by atoms with Gasteiger partial charge in [0, 0.05) is 44.2 Å². The largest absolute Gasteiger partial charge is 0.340 e. The molecule has 3 fully saturated rings. The number of nitrogens with zero attached hydrogens (tertiary/aromatic N) is 3. The Morgan fingerprint density at radius 2 is 1.42 bits per heavy atom. The van der Waals surface area contributed by atoms with Crippen molar-refractivity contribution in [2.24, 2.45) is 11.8 Å². The number of likely N-dealkylation sites (tertiary alicyclic amines) is 1. The molecule has 2 saturated heterocycles. The van der Waals surface area contributed by atoms with Crippen LogP contribution in [-0.2, 0) is 4.79 Å². The summed E-state index contributed by atoms with van der Waals surface area (Å²) in [6.07, 6.45) is 7.69. The van der Waals surface area contributed by atoms with Gasteiger partial charge in [0.2, 0.25) is 5.91 Å². The maximum Gasteiger partial charge on any atom is 0.225 e. The molecule has 24 heavy (non-hydrogen) atoms. The molecule has 0 atom stereocenters. The van der Waals surface area contributed by atoms with E-state index in [4.69, 9.17) is 0 Å². The molecule has 0 bridgehead atoms. The van der Waals surface area contributed by atoms with E-state index in [9.17, 15) is 4.79 Å². The number of piperidine rings is 1. The third-order valence-corrected chi connectivity index (χ3v) is 6.74. The first-order valence-corrected chi connectivity index (χ1v) is 10.3. The minimum atomic E-state index is 0.286. The number of rotatable bonds is 3. The number of carbonyl (C=O) groups is 1. The molecule has 0 N–H and O–H groups in total. The molecule has 0 spiro atoms. The molecule has 3 rings (SSSR count). The summed E-state index contributed by atoms with van der Waals surface area (Å²) in [4.78, 5) is 20.2. The Balaban J connectivity index is 1.42. The predicted octanol–water partition coefficient (Wildman–Crippen LogP) is 2.83. The van der Waals surface area contributed by atoms with Crippen molar-refractivity contribution in [3.05, 3.63) is 0 Å². The third-order valence-electron chi connectivity index (χ3n) is 6.74. The molecule has 1 aliphatic carbocycles. The lowest BCUT2D eigenvalue weighted by molar-refractivity contribution is -0.139. The number of hydrogen-bond donors (Lipinski definition) is 0. The highest BCUT2D eigenvalue weighted by Gasteiger charge is 2.33. The smallest absolute Gasteiger partial charge is 0.225 e. The molecule has 0 unspecified atom stereocenters. The van der Waals surface area contributed by atoms with Gasteiger partial charge in [-0.05, 0) is 71.4 Å². The summed E-state index contributed by atoms with van der Waals surface area (Å²) >= 11 is 0. The first-order valence-electron chi connectivity index (χ1n) is 10.3. The van der Waals surface area contributed by atoms with Crippen LogP contribution in [0.15, 0.2) is 0 Å². The molecule has 4 heteroatoms. The SMILES string of the molecule is CC1CCC(N2CCC(C(=O)N3CCN(C(C)C)CC3)CC2)CC1. The average molecular weight is 336 g/mol. The molecule has 1 amide bonds. The summed E-state index contributed by atoms with van der Waals surface area (Å²) in [5.74, 6) is 1.65. The fraction of sp³-hybridized carbons (Fsp3) is 0.950. The highest BCUT2D eigenvalue weighted by molar-refractivity contribution is 5.79. The van der Waals surface area contributed by atoms with Crippen molar-refractivity contribution in [2.45, 2.75) is 71.4 Å². The number of amides is 1. The van der Waals surface area contributed by atoms with Gasteiger partial charge in [-0.3, -0.25) is 9.69 Å². The fourth-order valence-corrected chi connectivity index (χ4v) is 4.84. The molecule has 2 heterocycles. The van der Waals surface area contributed by atoms with E-state index in [2.05, 4.69) is 35.5 Å². The Morgan fingerprint density at radius 3 is 1.96 bits per heavy atom. The van der Waals surface area contributed by atoms with Crippen LogP contribution in [0, 0.1) is 11.8 Å². The van der Waals surface area contributed by atoms with Crippen molar-refractivity contribution < 1.29 is 4.79 Å². The molecule has 3 aliphatic rings. The number of hydrogen-bond acceptors (Lipinski definition) is 3. The molecule has 4 nitrogen and oxygen atoms in total. The van der Waals surface area contributed by atoms with Crippen LogP contribution in [0.4, 0.5) is 0 Å². The van der Waals surface area contributed by atoms with E-state index in [-0.39, 0.29) is 5.92 Å². The zero-order chi connectivity index (χ0) is 17.1. The molecule has 0 radical (unpaired) electrons. The summed E-state index contributed by atoms with van der Waals surface area (Å²) in [6.45, 7) is 13.1. The fourth-order valence-electron chi connectivity index (χ4n) is 4.84. The lowest BCUT2D eigenvalue weighted by Gasteiger charge is -2.42. The molecule has 138 valence electrons. The van der Waals surface area contributed by atoms with E-state index < -0.39 is 0 Å². The van der Waals surface area contributed by atoms with Gasteiger partial charge in [-0.1, -0.05) is 6.92 Å². The topological polar surface area (TPSA) is 26.8 Å². The average Bonchev–Trinajstić information content (AvgIpc) is 2.62. The molecule has 1 saturated carbocycles. The monoisotopic (exact) mass is 335 g/mol. The minimum absolute atomic E-state index is 0.286. The highest BCUT2D eigenvalue weighted by atomic mass is 16.2. The van der Waals surface area contributed by atoms with E-state index in [0.29, 0.717) is 11.9 Å². The zero-order valence-electron chi connectivity index (χ0n) is 16.0. The van der Waals surface area contributed by atoms with Gasteiger partial charge in [0.1, 0.15) is 0 Å². The van der Waals surface area contributed by atoms with Crippen molar-refractivity contribution in [1.29, 1.82) is 0 Å². The zero-order valence-corrected chi connectivity index (χ0v) is 16.0. The standard InChI is InChI=1S/C20H37N3O/c1-16(2)21-12-14-23(15-13-21)20(24)18-8-10-22(11-9-18)19-6-4-17(3)5-7-19/h16-19H,4-15H2,1-3H3. The van der Waals surface area contributed by atoms with Gasteiger partial charge in [-0.2, -0.15) is 0 Å². The van der Waals surface area contributed by atoms with Crippen molar-refractivity contribution >= 4 is 5.91 Å². The van der Waals surface area contributed by atoms with Crippen molar-refractivity contribution in [3.63, 3.8) is 0 Å². The summed E-state index contributed by atoms with van der Waals surface area (Å²) in [5, 5.41) is 0. The Morgan fingerprint density at radius 1 is 0.833 bits per heavy atom. The Bertz CT molecular complexity index is 401. The summed E-state index contributed by atoms with van der Waals surface area (Å²) < 4.78 is 0. The Labute approximate surface area is 148 Å². The minimum Gasteiger partial charge on any atom is -0.340 e. The van der Waals surface area contributed by atoms with E-state index >= 15 is 0 Å². The lowest BCUT2D eigenvalue weighted by Crippen LogP contribution is -2.53. The van der Waals surface area contributed by atoms with Crippen LogP contribution in [-0.4, -0.2) is 72.0 Å². The van der Waals surface area contributed by atoms with Crippen molar-refractivity contribution in [2.75, 3.05) is 39.3 Å². The van der Waals surface area contributed by atoms with Gasteiger partial charge < -0.3 is 9.80 Å². The van der Waals surface area contributed by atoms with E-state index in [1.54, 1.807) is 0 Å². The summed E-state index contributed by atoms with van der Waals surface area (Å²) in [7, 11) is 0. The maximum atomic E-state index is 12.8. The lowest BCUT2D eigenvalue weighted by atomic mass is 9.85. The second kappa shape index (κ2) is 8.18. The number of piperazine rings is 1. The van der Waals surface area contributed by atoms with Gasteiger partial charge in [0.15, 0.2) is 0 Å². The molecule has 0 aromatic carbocycles. The second-order valence-electron chi connectivity index (χ2n) is 8.68. The Hall–Kier alpha value is -0.610. The first kappa shape index (κ1) is 18.2. The first-order chi connectivity index (χ1) is 11.5. The maximum absolute atomic E-state index is 12.8. The molecular weight excluding hydrogens is 298 g/mol. The van der Waals surface area contributed by atoms with E-state index in [1.807, 2.05) is 0 Å². The molecule has 0 aromatic heterocycles. The van der Waals surface area contributed by atoms with E-state index in [1.165, 1.54) is 25.7 Å². The second-order valence-corrected chi connectivity index (χ2v) is 8.68. The Kier molecular flexibility index (Phi) is 6.20. The number of carbonyl (C=O) groups excluding carboxylic acids is 1. The van der Waals surface area contributed by atoms with Crippen LogP contribution < -0.4 is 0 Å². The van der Waals surface area contributed by atoms with Crippen LogP contribution in [0.3, 0.4) is 0 Å². The highest BCUT2D eigenvalue weighted by Crippen LogP contribution is 2.30. The molecule has 0 aromatic rings. The van der Waals surface area contributed by atoms with Crippen LogP contribution in [0.5, 0.6) is 0 Å². The van der Waals surface area contributed by atoms with Crippen LogP contribution in [0.2, 0.25) is 0 Å². The van der Waals surface area contributed by atoms with Gasteiger partial charge in [0.05, 0.1) is 0 Å². The summed E-state index contributed by atoms with van der Waals surface area (Å²) in [5.41, 5.74) is 0. The van der Waals surface area contributed by atoms with Gasteiger partial charge in [-0.25, -0.2) is 0 Å². The normalized spacial score (nSPS) is 31.6. The van der Waals surface area contributed by atoms with Gasteiger partial charge in [0.25, 0.3) is 0 Å². The van der Waals surface area contributed by atoms with Gasteiger partial charge >= 0.3 is 0 Å². The quantitative estimate of drug-likeness (QED) is 0.793.